The first-order chi connectivity index (χ1) is 20.1. The van der Waals surface area contributed by atoms with Crippen LogP contribution in [0.25, 0.3) is 0 Å². The van der Waals surface area contributed by atoms with Crippen LogP contribution in [-0.4, -0.2) is 40.2 Å². The van der Waals surface area contributed by atoms with E-state index in [4.69, 9.17) is 24.3 Å². The van der Waals surface area contributed by atoms with E-state index in [1.165, 1.54) is 5.56 Å². The van der Waals surface area contributed by atoms with Gasteiger partial charge in [0.05, 0.1) is 19.3 Å². The third-order valence-corrected chi connectivity index (χ3v) is 7.74. The lowest BCUT2D eigenvalue weighted by atomic mass is 9.95. The summed E-state index contributed by atoms with van der Waals surface area (Å²) in [6.45, 7) is 4.66. The van der Waals surface area contributed by atoms with Gasteiger partial charge in [-0.1, -0.05) is 85.4 Å². The van der Waals surface area contributed by atoms with Gasteiger partial charge in [0.25, 0.3) is 0 Å². The van der Waals surface area contributed by atoms with Gasteiger partial charge in [0.1, 0.15) is 12.6 Å². The summed E-state index contributed by atoms with van der Waals surface area (Å²) in [6.07, 6.45) is 1.78. The molecule has 4 aromatic rings. The van der Waals surface area contributed by atoms with Crippen LogP contribution in [0.1, 0.15) is 43.0 Å². The third kappa shape index (κ3) is 6.74. The number of fused-ring (bicyclic) bond motifs is 1. The Morgan fingerprint density at radius 2 is 1.73 bits per heavy atom. The number of methoxy groups -OCH3 is 1. The van der Waals surface area contributed by atoms with E-state index >= 15 is 0 Å². The molecule has 1 atom stereocenters. The molecule has 9 heteroatoms. The predicted octanol–water partition coefficient (Wildman–Crippen LogP) is 6.44. The number of rotatable bonds is 12. The van der Waals surface area contributed by atoms with Gasteiger partial charge in [-0.3, -0.25) is 0 Å². The van der Waals surface area contributed by atoms with E-state index in [9.17, 15) is 4.79 Å². The summed E-state index contributed by atoms with van der Waals surface area (Å²) in [7, 11) is 1.61. The topological polar surface area (TPSA) is 87.5 Å². The van der Waals surface area contributed by atoms with Crippen LogP contribution >= 0.6 is 11.8 Å². The van der Waals surface area contributed by atoms with Crippen molar-refractivity contribution in [1.29, 1.82) is 0 Å². The Balaban J connectivity index is 1.44. The summed E-state index contributed by atoms with van der Waals surface area (Å²) in [5.41, 5.74) is 4.06. The van der Waals surface area contributed by atoms with Crippen LogP contribution in [0, 0.1) is 0 Å². The van der Waals surface area contributed by atoms with Crippen molar-refractivity contribution in [3.63, 3.8) is 0 Å². The number of allylic oxidation sites excluding steroid dienone is 1. The molecule has 0 radical (unpaired) electrons. The quantitative estimate of drug-likeness (QED) is 0.154. The van der Waals surface area contributed by atoms with Crippen LogP contribution < -0.4 is 14.8 Å². The molecule has 2 heterocycles. The largest absolute Gasteiger partial charge is 0.493 e. The maximum atomic E-state index is 13.6. The molecule has 3 aromatic carbocycles. The second-order valence-corrected chi connectivity index (χ2v) is 10.7. The zero-order valence-electron chi connectivity index (χ0n) is 23.5. The van der Waals surface area contributed by atoms with Crippen molar-refractivity contribution in [2.45, 2.75) is 44.5 Å². The first-order valence-electron chi connectivity index (χ1n) is 13.7. The van der Waals surface area contributed by atoms with Crippen molar-refractivity contribution in [3.05, 3.63) is 107 Å². The lowest BCUT2D eigenvalue weighted by Crippen LogP contribution is -2.29. The number of nitrogens with zero attached hydrogens (tertiary/aromatic N) is 3. The molecule has 1 unspecified atom stereocenters. The Hall–Kier alpha value is -4.24. The fraction of sp³-hybridized carbons (Fsp3) is 0.281. The molecule has 8 nitrogen and oxygen atoms in total. The molecule has 41 heavy (non-hydrogen) atoms. The van der Waals surface area contributed by atoms with Gasteiger partial charge in [-0.2, -0.15) is 4.98 Å². The Kier molecular flexibility index (Phi) is 9.26. The smallest absolute Gasteiger partial charge is 0.338 e. The number of carbonyl (C=O) groups is 1. The number of hydrogen-bond donors (Lipinski definition) is 1. The maximum absolute atomic E-state index is 13.6. The van der Waals surface area contributed by atoms with Crippen molar-refractivity contribution in [2.75, 3.05) is 24.8 Å². The molecule has 0 saturated carbocycles. The SMILES string of the molecule is CCCSc1nc2n(n1)C(c1ccc(OCCc3ccccc3)c(OC)c1)C(C(=O)OCc1ccccc1)=C(C)N2. The van der Waals surface area contributed by atoms with Crippen molar-refractivity contribution >= 4 is 23.7 Å². The molecular formula is C32H34N4O4S. The van der Waals surface area contributed by atoms with E-state index < -0.39 is 12.0 Å². The molecule has 1 aliphatic heterocycles. The molecule has 1 aromatic heterocycles. The first kappa shape index (κ1) is 28.3. The number of anilines is 1. The second kappa shape index (κ2) is 13.4. The average Bonchev–Trinajstić information content (AvgIpc) is 3.41. The minimum Gasteiger partial charge on any atom is -0.493 e. The number of thioether (sulfide) groups is 1. The van der Waals surface area contributed by atoms with E-state index in [1.54, 1.807) is 23.6 Å². The number of aromatic nitrogens is 3. The zero-order chi connectivity index (χ0) is 28.6. The molecule has 1 N–H and O–H groups in total. The highest BCUT2D eigenvalue weighted by Crippen LogP contribution is 2.40. The predicted molar refractivity (Wildman–Crippen MR) is 160 cm³/mol. The van der Waals surface area contributed by atoms with E-state index in [0.717, 1.165) is 29.7 Å². The van der Waals surface area contributed by atoms with Crippen molar-refractivity contribution < 1.29 is 19.0 Å². The Morgan fingerprint density at radius 3 is 2.44 bits per heavy atom. The Labute approximate surface area is 244 Å². The van der Waals surface area contributed by atoms with Crippen LogP contribution in [0.5, 0.6) is 11.5 Å². The molecule has 0 spiro atoms. The highest BCUT2D eigenvalue weighted by atomic mass is 32.2. The van der Waals surface area contributed by atoms with Gasteiger partial charge in [0, 0.05) is 17.9 Å². The number of benzene rings is 3. The van der Waals surface area contributed by atoms with Crippen molar-refractivity contribution in [3.8, 4) is 11.5 Å². The number of esters is 1. The summed E-state index contributed by atoms with van der Waals surface area (Å²) in [5.74, 6) is 2.26. The molecule has 0 aliphatic carbocycles. The Morgan fingerprint density at radius 1 is 1.00 bits per heavy atom. The minimum absolute atomic E-state index is 0.169. The molecule has 0 fully saturated rings. The van der Waals surface area contributed by atoms with Gasteiger partial charge < -0.3 is 19.5 Å². The fourth-order valence-electron chi connectivity index (χ4n) is 4.66. The monoisotopic (exact) mass is 570 g/mol. The lowest BCUT2D eigenvalue weighted by molar-refractivity contribution is -0.140. The van der Waals surface area contributed by atoms with Crippen molar-refractivity contribution in [1.82, 2.24) is 14.8 Å². The summed E-state index contributed by atoms with van der Waals surface area (Å²) in [4.78, 5) is 18.3. The van der Waals surface area contributed by atoms with Gasteiger partial charge in [0.2, 0.25) is 11.1 Å². The molecule has 0 amide bonds. The highest BCUT2D eigenvalue weighted by molar-refractivity contribution is 7.99. The summed E-state index contributed by atoms with van der Waals surface area (Å²) >= 11 is 1.58. The summed E-state index contributed by atoms with van der Waals surface area (Å²) in [5, 5.41) is 8.70. The van der Waals surface area contributed by atoms with Gasteiger partial charge >= 0.3 is 5.97 Å². The molecule has 0 bridgehead atoms. The molecular weight excluding hydrogens is 536 g/mol. The molecule has 1 aliphatic rings. The standard InChI is InChI=1S/C32H34N4O4S/c1-4-19-41-32-34-31-33-22(2)28(30(37)40-21-24-13-9-6-10-14-24)29(36(31)35-32)25-15-16-26(27(20-25)38-3)39-18-17-23-11-7-5-8-12-23/h5-16,20,29H,4,17-19,21H2,1-3H3,(H,33,34,35). The van der Waals surface area contributed by atoms with Crippen LogP contribution in [0.2, 0.25) is 0 Å². The van der Waals surface area contributed by atoms with Crippen LogP contribution in [-0.2, 0) is 22.6 Å². The summed E-state index contributed by atoms with van der Waals surface area (Å²) in [6, 6.07) is 25.0. The number of hydrogen-bond acceptors (Lipinski definition) is 8. The first-order valence-corrected chi connectivity index (χ1v) is 14.7. The average molecular weight is 571 g/mol. The molecule has 0 saturated heterocycles. The number of ether oxygens (including phenoxy) is 3. The number of carbonyl (C=O) groups excluding carboxylic acids is 1. The Bertz CT molecular complexity index is 1500. The maximum Gasteiger partial charge on any atom is 0.338 e. The van der Waals surface area contributed by atoms with E-state index in [0.29, 0.717) is 40.5 Å². The van der Waals surface area contributed by atoms with Gasteiger partial charge in [-0.05, 0) is 42.2 Å². The van der Waals surface area contributed by atoms with Gasteiger partial charge in [0.15, 0.2) is 11.5 Å². The zero-order valence-corrected chi connectivity index (χ0v) is 24.3. The van der Waals surface area contributed by atoms with Gasteiger partial charge in [-0.15, -0.1) is 5.10 Å². The van der Waals surface area contributed by atoms with Gasteiger partial charge in [-0.25, -0.2) is 9.48 Å². The van der Waals surface area contributed by atoms with Crippen LogP contribution in [0.4, 0.5) is 5.95 Å². The van der Waals surface area contributed by atoms with E-state index in [-0.39, 0.29) is 6.61 Å². The molecule has 5 rings (SSSR count). The summed E-state index contributed by atoms with van der Waals surface area (Å²) < 4.78 is 19.4. The van der Waals surface area contributed by atoms with E-state index in [2.05, 4.69) is 24.4 Å². The second-order valence-electron chi connectivity index (χ2n) is 9.63. The highest BCUT2D eigenvalue weighted by Gasteiger charge is 2.36. The minimum atomic E-state index is -0.565. The third-order valence-electron chi connectivity index (χ3n) is 6.70. The van der Waals surface area contributed by atoms with Crippen LogP contribution in [0.15, 0.2) is 95.3 Å². The van der Waals surface area contributed by atoms with E-state index in [1.807, 2.05) is 73.7 Å². The van der Waals surface area contributed by atoms with Crippen LogP contribution in [0.3, 0.4) is 0 Å². The lowest BCUT2D eigenvalue weighted by Gasteiger charge is -2.28. The molecule has 212 valence electrons. The fourth-order valence-corrected chi connectivity index (χ4v) is 5.34. The number of nitrogens with one attached hydrogen (secondary N) is 1. The van der Waals surface area contributed by atoms with Crippen molar-refractivity contribution in [2.24, 2.45) is 0 Å². The normalized spacial score (nSPS) is 14.3.